The largest absolute Gasteiger partial charge is 0.123 e. The normalized spacial score (nSPS) is 12.9. The van der Waals surface area contributed by atoms with E-state index in [1.807, 2.05) is 0 Å². The number of hydrogen-bond acceptors (Lipinski definition) is 0. The molecule has 0 N–H and O–H groups in total. The molecule has 1 aromatic carbocycles. The molecule has 10 heavy (non-hydrogen) atoms. The number of rotatable bonds is 2. The van der Waals surface area contributed by atoms with Gasteiger partial charge in [-0.25, -0.2) is 0 Å². The summed E-state index contributed by atoms with van der Waals surface area (Å²) in [6.45, 7) is 2.21. The zero-order chi connectivity index (χ0) is 7.40. The zero-order valence-electron chi connectivity index (χ0n) is 6.25. The second kappa shape index (κ2) is 3.81. The Morgan fingerprint density at radius 2 is 1.90 bits per heavy atom. The van der Waals surface area contributed by atoms with Gasteiger partial charge in [-0.1, -0.05) is 37.3 Å². The van der Waals surface area contributed by atoms with Crippen LogP contribution in [0.1, 0.15) is 12.5 Å². The van der Waals surface area contributed by atoms with Crippen LogP contribution in [-0.4, -0.2) is 16.3 Å². The second-order valence-electron chi connectivity index (χ2n) is 2.67. The van der Waals surface area contributed by atoms with Crippen molar-refractivity contribution in [1.82, 2.24) is 0 Å². The van der Waals surface area contributed by atoms with E-state index in [-0.39, 0.29) is 0 Å². The molecule has 1 rings (SSSR count). The molecular weight excluding hydrogens is 135 g/mol. The van der Waals surface area contributed by atoms with Crippen LogP contribution in [0.3, 0.4) is 0 Å². The lowest BCUT2D eigenvalue weighted by molar-refractivity contribution is 0.916. The summed E-state index contributed by atoms with van der Waals surface area (Å²) in [5, 5.41) is 0. The molecule has 0 saturated heterocycles. The van der Waals surface area contributed by atoms with Crippen LogP contribution in [-0.2, 0) is 6.42 Å². The van der Waals surface area contributed by atoms with Crippen molar-refractivity contribution in [3.05, 3.63) is 35.9 Å². The maximum absolute atomic E-state index is 2.81. The van der Waals surface area contributed by atoms with Crippen LogP contribution in [0.4, 0.5) is 0 Å². The molecule has 1 aromatic rings. The van der Waals surface area contributed by atoms with E-state index in [0.717, 1.165) is 6.42 Å². The van der Waals surface area contributed by atoms with Crippen molar-refractivity contribution in [3.63, 3.8) is 0 Å². The average Bonchev–Trinajstić information content (AvgIpc) is 1.88. The number of hydrogen-bond donors (Lipinski definition) is 0. The summed E-state index contributed by atoms with van der Waals surface area (Å²) in [5.74, 6) is 0. The average molecular weight is 146 g/mol. The maximum atomic E-state index is 2.81. The van der Waals surface area contributed by atoms with E-state index in [4.69, 9.17) is 0 Å². The Kier molecular flexibility index (Phi) is 2.99. The molecule has 50 valence electrons. The lowest BCUT2D eigenvalue weighted by Crippen LogP contribution is -1.90. The summed E-state index contributed by atoms with van der Waals surface area (Å²) < 4.78 is 0.683. The third-order valence-electron chi connectivity index (χ3n) is 1.40. The van der Waals surface area contributed by atoms with Crippen molar-refractivity contribution in [2.45, 2.75) is 18.1 Å². The maximum Gasteiger partial charge on any atom is 0.123 e. The molecule has 0 amide bonds. The SMILES string of the molecule is C[CH]([Al])Cc1ccccc1. The summed E-state index contributed by atoms with van der Waals surface area (Å²) in [5.41, 5.74) is 1.42. The smallest absolute Gasteiger partial charge is 0.106 e. The van der Waals surface area contributed by atoms with Gasteiger partial charge in [0.2, 0.25) is 0 Å². The second-order valence-corrected chi connectivity index (χ2v) is 3.81. The minimum atomic E-state index is 0.683. The Bertz CT molecular complexity index is 179. The summed E-state index contributed by atoms with van der Waals surface area (Å²) in [6.07, 6.45) is 1.16. The van der Waals surface area contributed by atoms with Crippen molar-refractivity contribution < 1.29 is 0 Å². The quantitative estimate of drug-likeness (QED) is 0.561. The van der Waals surface area contributed by atoms with Crippen LogP contribution in [0.25, 0.3) is 0 Å². The van der Waals surface area contributed by atoms with Crippen molar-refractivity contribution in [2.24, 2.45) is 0 Å². The Morgan fingerprint density at radius 3 is 2.40 bits per heavy atom. The first-order valence-corrected chi connectivity index (χ1v) is 4.25. The first kappa shape index (κ1) is 7.86. The van der Waals surface area contributed by atoms with Gasteiger partial charge in [-0.3, -0.25) is 0 Å². The minimum absolute atomic E-state index is 0.683. The third kappa shape index (κ3) is 2.56. The van der Waals surface area contributed by atoms with Crippen molar-refractivity contribution in [2.75, 3.05) is 0 Å². The first-order chi connectivity index (χ1) is 4.79. The molecule has 0 aromatic heterocycles. The minimum Gasteiger partial charge on any atom is -0.106 e. The molecule has 0 aliphatic heterocycles. The van der Waals surface area contributed by atoms with Gasteiger partial charge in [-0.2, -0.15) is 0 Å². The van der Waals surface area contributed by atoms with Gasteiger partial charge in [-0.05, 0) is 12.0 Å². The summed E-state index contributed by atoms with van der Waals surface area (Å²) in [4.78, 5) is 0. The van der Waals surface area contributed by atoms with E-state index in [1.165, 1.54) is 5.56 Å². The molecule has 1 heteroatoms. The molecule has 0 aliphatic rings. The zero-order valence-corrected chi connectivity index (χ0v) is 7.40. The summed E-state index contributed by atoms with van der Waals surface area (Å²) in [6, 6.07) is 10.6. The van der Waals surface area contributed by atoms with Gasteiger partial charge in [0.15, 0.2) is 0 Å². The Labute approximate surface area is 70.7 Å². The van der Waals surface area contributed by atoms with E-state index < -0.39 is 0 Å². The van der Waals surface area contributed by atoms with Crippen LogP contribution in [0.5, 0.6) is 0 Å². The fourth-order valence-electron chi connectivity index (χ4n) is 0.986. The molecule has 0 heterocycles. The Morgan fingerprint density at radius 1 is 1.30 bits per heavy atom. The highest BCUT2D eigenvalue weighted by Gasteiger charge is 1.93. The van der Waals surface area contributed by atoms with Gasteiger partial charge in [0.05, 0.1) is 0 Å². The van der Waals surface area contributed by atoms with Gasteiger partial charge in [0.1, 0.15) is 16.3 Å². The van der Waals surface area contributed by atoms with Crippen LogP contribution >= 0.6 is 0 Å². The van der Waals surface area contributed by atoms with E-state index in [0.29, 0.717) is 4.78 Å². The molecule has 1 unspecified atom stereocenters. The van der Waals surface area contributed by atoms with Crippen molar-refractivity contribution in [1.29, 1.82) is 0 Å². The van der Waals surface area contributed by atoms with Gasteiger partial charge in [-0.15, -0.1) is 4.78 Å². The lowest BCUT2D eigenvalue weighted by atomic mass is 10.1. The molecule has 0 fully saturated rings. The highest BCUT2D eigenvalue weighted by atomic mass is 27.0. The molecule has 2 radical (unpaired) electrons. The molecule has 1 atom stereocenters. The van der Waals surface area contributed by atoms with Crippen LogP contribution in [0.2, 0.25) is 4.78 Å². The van der Waals surface area contributed by atoms with Crippen molar-refractivity contribution >= 4 is 16.3 Å². The monoisotopic (exact) mass is 146 g/mol. The fraction of sp³-hybridized carbons (Fsp3) is 0.333. The molecule has 0 saturated carbocycles. The van der Waals surface area contributed by atoms with E-state index >= 15 is 0 Å². The standard InChI is InChI=1S/C9H11.Al/c1-2-6-9-7-4-3-5-8-9;/h2-5,7-8H,6H2,1H3;. The number of benzene rings is 1. The first-order valence-electron chi connectivity index (χ1n) is 3.58. The highest BCUT2D eigenvalue weighted by molar-refractivity contribution is 6.11. The summed E-state index contributed by atoms with van der Waals surface area (Å²) in [7, 11) is 0. The topological polar surface area (TPSA) is 0 Å². The summed E-state index contributed by atoms with van der Waals surface area (Å²) >= 11 is 2.81. The predicted octanol–water partition coefficient (Wildman–Crippen LogP) is 2.21. The van der Waals surface area contributed by atoms with Gasteiger partial charge in [0.25, 0.3) is 0 Å². The van der Waals surface area contributed by atoms with E-state index in [9.17, 15) is 0 Å². The van der Waals surface area contributed by atoms with Crippen molar-refractivity contribution in [3.8, 4) is 0 Å². The lowest BCUT2D eigenvalue weighted by Gasteiger charge is -2.03. The van der Waals surface area contributed by atoms with Crippen LogP contribution in [0, 0.1) is 0 Å². The molecular formula is C9H11Al. The van der Waals surface area contributed by atoms with E-state index in [1.54, 1.807) is 0 Å². The predicted molar refractivity (Wildman–Crippen MR) is 45.3 cm³/mol. The van der Waals surface area contributed by atoms with Gasteiger partial charge < -0.3 is 0 Å². The van der Waals surface area contributed by atoms with Crippen LogP contribution in [0.15, 0.2) is 30.3 Å². The molecule has 0 nitrogen and oxygen atoms in total. The molecule has 0 aliphatic carbocycles. The van der Waals surface area contributed by atoms with Gasteiger partial charge >= 0.3 is 0 Å². The van der Waals surface area contributed by atoms with Gasteiger partial charge in [0, 0.05) is 0 Å². The highest BCUT2D eigenvalue weighted by Crippen LogP contribution is 2.08. The molecule has 0 spiro atoms. The Hall–Kier alpha value is -0.248. The third-order valence-corrected chi connectivity index (χ3v) is 1.64. The Balaban J connectivity index is 2.59. The molecule has 0 bridgehead atoms. The fourth-order valence-corrected chi connectivity index (χ4v) is 1.26. The van der Waals surface area contributed by atoms with E-state index in [2.05, 4.69) is 53.5 Å². The van der Waals surface area contributed by atoms with Crippen LogP contribution < -0.4 is 0 Å².